The average Bonchev–Trinajstić information content (AvgIpc) is 3.02. The molecule has 2 heterocycles. The summed E-state index contributed by atoms with van der Waals surface area (Å²) in [5, 5.41) is 6.77. The summed E-state index contributed by atoms with van der Waals surface area (Å²) >= 11 is 6.11. The predicted molar refractivity (Wildman–Crippen MR) is 103 cm³/mol. The number of hydrogen-bond donors (Lipinski definition) is 1. The van der Waals surface area contributed by atoms with Crippen LogP contribution in [0.2, 0.25) is 5.02 Å². The van der Waals surface area contributed by atoms with Gasteiger partial charge < -0.3 is 14.6 Å². The number of aromatic nitrogens is 2. The van der Waals surface area contributed by atoms with E-state index in [1.807, 2.05) is 13.8 Å². The predicted octanol–water partition coefficient (Wildman–Crippen LogP) is 4.39. The Labute approximate surface area is 166 Å². The van der Waals surface area contributed by atoms with Gasteiger partial charge in [0, 0.05) is 17.3 Å². The first kappa shape index (κ1) is 19.8. The van der Waals surface area contributed by atoms with Crippen LogP contribution in [0, 0.1) is 26.6 Å². The molecule has 0 radical (unpaired) electrons. The van der Waals surface area contributed by atoms with Crippen LogP contribution in [-0.2, 0) is 6.54 Å². The molecule has 28 heavy (non-hydrogen) atoms. The highest BCUT2D eigenvalue weighted by Gasteiger charge is 2.25. The van der Waals surface area contributed by atoms with Crippen LogP contribution in [0.4, 0.5) is 4.39 Å². The number of nitrogens with one attached hydrogen (secondary N) is 1. The molecule has 0 aliphatic rings. The van der Waals surface area contributed by atoms with E-state index in [1.165, 1.54) is 18.2 Å². The van der Waals surface area contributed by atoms with Crippen molar-refractivity contribution in [2.75, 3.05) is 7.11 Å². The van der Waals surface area contributed by atoms with Crippen molar-refractivity contribution in [3.63, 3.8) is 0 Å². The van der Waals surface area contributed by atoms with E-state index < -0.39 is 11.7 Å². The van der Waals surface area contributed by atoms with Crippen LogP contribution in [0.25, 0.3) is 11.3 Å². The Bertz CT molecular complexity index is 1030. The summed E-state index contributed by atoms with van der Waals surface area (Å²) in [4.78, 5) is 17.2. The Morgan fingerprint density at radius 1 is 1.32 bits per heavy atom. The second-order valence-electron chi connectivity index (χ2n) is 6.29. The van der Waals surface area contributed by atoms with Crippen molar-refractivity contribution in [1.82, 2.24) is 15.5 Å². The molecule has 146 valence electrons. The Morgan fingerprint density at radius 2 is 2.07 bits per heavy atom. The molecule has 0 bridgehead atoms. The van der Waals surface area contributed by atoms with E-state index >= 15 is 0 Å². The second-order valence-corrected chi connectivity index (χ2v) is 6.70. The summed E-state index contributed by atoms with van der Waals surface area (Å²) in [5.41, 5.74) is 2.62. The first-order valence-corrected chi connectivity index (χ1v) is 8.90. The largest absolute Gasteiger partial charge is 0.496 e. The zero-order valence-electron chi connectivity index (χ0n) is 15.9. The third-order valence-corrected chi connectivity index (χ3v) is 4.77. The van der Waals surface area contributed by atoms with Crippen molar-refractivity contribution >= 4 is 17.5 Å². The Kier molecular flexibility index (Phi) is 5.65. The van der Waals surface area contributed by atoms with Crippen molar-refractivity contribution in [1.29, 1.82) is 0 Å². The number of nitrogens with zero attached hydrogens (tertiary/aromatic N) is 2. The van der Waals surface area contributed by atoms with Crippen molar-refractivity contribution in [3.05, 3.63) is 63.4 Å². The Morgan fingerprint density at radius 3 is 2.75 bits per heavy atom. The minimum atomic E-state index is -0.587. The number of aryl methyl sites for hydroxylation is 2. The highest BCUT2D eigenvalue weighted by Crippen LogP contribution is 2.33. The van der Waals surface area contributed by atoms with Crippen molar-refractivity contribution in [2.24, 2.45) is 0 Å². The SMILES string of the molecule is COc1c(C)cnc(CNC(=O)c2c(-c3c(F)cccc3Cl)noc2C)c1C. The summed E-state index contributed by atoms with van der Waals surface area (Å²) < 4.78 is 24.8. The van der Waals surface area contributed by atoms with E-state index in [1.54, 1.807) is 20.2 Å². The fourth-order valence-corrected chi connectivity index (χ4v) is 3.29. The molecule has 0 atom stereocenters. The molecule has 8 heteroatoms. The third kappa shape index (κ3) is 3.57. The maximum absolute atomic E-state index is 14.3. The molecule has 0 spiro atoms. The van der Waals surface area contributed by atoms with Crippen LogP contribution in [0.3, 0.4) is 0 Å². The molecule has 3 rings (SSSR count). The summed E-state index contributed by atoms with van der Waals surface area (Å²) in [6, 6.07) is 4.25. The minimum Gasteiger partial charge on any atom is -0.496 e. The molecule has 0 aliphatic heterocycles. The fraction of sp³-hybridized carbons (Fsp3) is 0.250. The smallest absolute Gasteiger partial charge is 0.257 e. The molecule has 1 N–H and O–H groups in total. The maximum atomic E-state index is 14.3. The first-order valence-electron chi connectivity index (χ1n) is 8.53. The van der Waals surface area contributed by atoms with Gasteiger partial charge in [0.25, 0.3) is 5.91 Å². The van der Waals surface area contributed by atoms with Crippen molar-refractivity contribution in [2.45, 2.75) is 27.3 Å². The zero-order chi connectivity index (χ0) is 20.4. The summed E-state index contributed by atoms with van der Waals surface area (Å²) in [6.45, 7) is 5.51. The van der Waals surface area contributed by atoms with Gasteiger partial charge in [-0.05, 0) is 32.9 Å². The first-order chi connectivity index (χ1) is 13.3. The molecule has 2 aromatic heterocycles. The highest BCUT2D eigenvalue weighted by atomic mass is 35.5. The average molecular weight is 404 g/mol. The number of pyridine rings is 1. The molecule has 3 aromatic rings. The van der Waals surface area contributed by atoms with Gasteiger partial charge in [-0.15, -0.1) is 0 Å². The van der Waals surface area contributed by atoms with Gasteiger partial charge in [-0.1, -0.05) is 22.8 Å². The van der Waals surface area contributed by atoms with Gasteiger partial charge in [-0.2, -0.15) is 0 Å². The molecule has 0 saturated heterocycles. The van der Waals surface area contributed by atoms with E-state index in [0.717, 1.165) is 16.9 Å². The van der Waals surface area contributed by atoms with Gasteiger partial charge in [0.1, 0.15) is 28.6 Å². The van der Waals surface area contributed by atoms with E-state index in [4.69, 9.17) is 20.9 Å². The lowest BCUT2D eigenvalue weighted by Crippen LogP contribution is -2.25. The molecule has 0 aliphatic carbocycles. The summed E-state index contributed by atoms with van der Waals surface area (Å²) in [5.74, 6) is -0.0679. The van der Waals surface area contributed by atoms with Crippen LogP contribution in [0.5, 0.6) is 5.75 Å². The van der Waals surface area contributed by atoms with Gasteiger partial charge in [0.2, 0.25) is 0 Å². The Balaban J connectivity index is 1.90. The molecular formula is C20H19ClFN3O3. The number of amides is 1. The molecule has 0 fully saturated rings. The standard InChI is InChI=1S/C20H19ClFN3O3/c1-10-8-23-15(11(2)19(10)27-4)9-24-20(26)16-12(3)28-25-18(16)17-13(21)6-5-7-14(17)22/h5-8H,9H2,1-4H3,(H,24,26). The summed E-state index contributed by atoms with van der Waals surface area (Å²) in [6.07, 6.45) is 1.68. The third-order valence-electron chi connectivity index (χ3n) is 4.46. The quantitative estimate of drug-likeness (QED) is 0.683. The molecular weight excluding hydrogens is 385 g/mol. The number of rotatable bonds is 5. The molecule has 1 aromatic carbocycles. The molecule has 1 amide bonds. The van der Waals surface area contributed by atoms with E-state index in [9.17, 15) is 9.18 Å². The van der Waals surface area contributed by atoms with Crippen LogP contribution in [-0.4, -0.2) is 23.2 Å². The minimum absolute atomic E-state index is 0.0254. The van der Waals surface area contributed by atoms with Crippen LogP contribution in [0.1, 0.15) is 32.9 Å². The number of hydrogen-bond acceptors (Lipinski definition) is 5. The fourth-order valence-electron chi connectivity index (χ4n) is 3.04. The number of halogens is 2. The van der Waals surface area contributed by atoms with Gasteiger partial charge in [-0.3, -0.25) is 9.78 Å². The van der Waals surface area contributed by atoms with E-state index in [0.29, 0.717) is 5.69 Å². The lowest BCUT2D eigenvalue weighted by molar-refractivity contribution is 0.0949. The van der Waals surface area contributed by atoms with Gasteiger partial charge in [-0.25, -0.2) is 4.39 Å². The van der Waals surface area contributed by atoms with Gasteiger partial charge in [0.15, 0.2) is 0 Å². The van der Waals surface area contributed by atoms with Crippen LogP contribution < -0.4 is 10.1 Å². The zero-order valence-corrected chi connectivity index (χ0v) is 16.6. The molecule has 0 saturated carbocycles. The number of carbonyl (C=O) groups excluding carboxylic acids is 1. The van der Waals surface area contributed by atoms with Gasteiger partial charge in [0.05, 0.1) is 29.9 Å². The van der Waals surface area contributed by atoms with E-state index in [2.05, 4.69) is 15.5 Å². The normalized spacial score (nSPS) is 10.8. The lowest BCUT2D eigenvalue weighted by Gasteiger charge is -2.13. The van der Waals surface area contributed by atoms with Crippen molar-refractivity contribution in [3.8, 4) is 17.0 Å². The topological polar surface area (TPSA) is 77.2 Å². The maximum Gasteiger partial charge on any atom is 0.257 e. The second kappa shape index (κ2) is 7.98. The monoisotopic (exact) mass is 403 g/mol. The number of methoxy groups -OCH3 is 1. The van der Waals surface area contributed by atoms with Gasteiger partial charge >= 0.3 is 0 Å². The summed E-state index contributed by atoms with van der Waals surface area (Å²) in [7, 11) is 1.59. The van der Waals surface area contributed by atoms with Crippen molar-refractivity contribution < 1.29 is 18.4 Å². The van der Waals surface area contributed by atoms with Crippen LogP contribution >= 0.6 is 11.6 Å². The number of benzene rings is 1. The molecule has 0 unspecified atom stereocenters. The lowest BCUT2D eigenvalue weighted by atomic mass is 10.0. The Hall–Kier alpha value is -2.93. The number of ether oxygens (including phenoxy) is 1. The molecule has 6 nitrogen and oxygen atoms in total. The number of carbonyl (C=O) groups is 1. The van der Waals surface area contributed by atoms with Crippen LogP contribution in [0.15, 0.2) is 28.9 Å². The van der Waals surface area contributed by atoms with E-state index in [-0.39, 0.29) is 34.1 Å². The highest BCUT2D eigenvalue weighted by molar-refractivity contribution is 6.33.